The zero-order valence-electron chi connectivity index (χ0n) is 13.8. The Morgan fingerprint density at radius 1 is 1.15 bits per heavy atom. The maximum absolute atomic E-state index is 12.5. The van der Waals surface area contributed by atoms with E-state index in [9.17, 15) is 9.59 Å². The average Bonchev–Trinajstić information content (AvgIpc) is 3.26. The van der Waals surface area contributed by atoms with Crippen molar-refractivity contribution in [1.29, 1.82) is 0 Å². The molecule has 0 radical (unpaired) electrons. The van der Waals surface area contributed by atoms with Crippen LogP contribution >= 0.6 is 34.8 Å². The molecule has 2 aromatic carbocycles. The van der Waals surface area contributed by atoms with Crippen molar-refractivity contribution in [2.75, 3.05) is 17.4 Å². The summed E-state index contributed by atoms with van der Waals surface area (Å²) in [5.41, 5.74) is 4.24. The van der Waals surface area contributed by atoms with Crippen LogP contribution in [0.3, 0.4) is 0 Å². The molecular weight excluding hydrogens is 397 g/mol. The molecule has 0 bridgehead atoms. The van der Waals surface area contributed by atoms with Crippen LogP contribution in [0.1, 0.15) is 16.8 Å². The van der Waals surface area contributed by atoms with Crippen LogP contribution in [-0.4, -0.2) is 23.2 Å². The van der Waals surface area contributed by atoms with Gasteiger partial charge >= 0.3 is 0 Å². The minimum Gasteiger partial charge on any atom is -0.326 e. The lowest BCUT2D eigenvalue weighted by atomic mass is 10.2. The Bertz CT molecular complexity index is 843. The maximum Gasteiger partial charge on any atom is 0.271 e. The number of nitrogens with one attached hydrogen (secondary N) is 2. The quantitative estimate of drug-likeness (QED) is 0.570. The van der Waals surface area contributed by atoms with Crippen molar-refractivity contribution in [1.82, 2.24) is 5.43 Å². The van der Waals surface area contributed by atoms with Crippen molar-refractivity contribution >= 4 is 58.0 Å². The van der Waals surface area contributed by atoms with Crippen LogP contribution in [0.4, 0.5) is 11.4 Å². The summed E-state index contributed by atoms with van der Waals surface area (Å²) in [6.07, 6.45) is 0.407. The number of alkyl halides is 2. The van der Waals surface area contributed by atoms with E-state index in [4.69, 9.17) is 34.8 Å². The summed E-state index contributed by atoms with van der Waals surface area (Å²) in [4.78, 5) is 24.6. The molecular formula is C18H16Cl3N3O2. The molecule has 1 aliphatic rings. The lowest BCUT2D eigenvalue weighted by molar-refractivity contribution is -0.117. The molecule has 2 amide bonds. The predicted octanol–water partition coefficient (Wildman–Crippen LogP) is 4.25. The van der Waals surface area contributed by atoms with E-state index in [1.54, 1.807) is 24.2 Å². The highest BCUT2D eigenvalue weighted by Gasteiger charge is 2.56. The van der Waals surface area contributed by atoms with E-state index in [0.29, 0.717) is 12.1 Å². The number of carbonyl (C=O) groups excluding carboxylic acids is 2. The number of hydrogen-bond acceptors (Lipinski definition) is 3. The third kappa shape index (κ3) is 4.23. The Kier molecular flexibility index (Phi) is 5.32. The van der Waals surface area contributed by atoms with E-state index >= 15 is 0 Å². The normalized spacial score (nSPS) is 17.3. The minimum absolute atomic E-state index is 0.242. The van der Waals surface area contributed by atoms with Gasteiger partial charge in [-0.25, -0.2) is 0 Å². The molecule has 0 heterocycles. The van der Waals surface area contributed by atoms with Crippen molar-refractivity contribution < 1.29 is 9.59 Å². The van der Waals surface area contributed by atoms with Gasteiger partial charge in [0, 0.05) is 12.7 Å². The van der Waals surface area contributed by atoms with Crippen molar-refractivity contribution in [3.8, 4) is 0 Å². The van der Waals surface area contributed by atoms with Gasteiger partial charge in [-0.3, -0.25) is 20.0 Å². The van der Waals surface area contributed by atoms with Crippen molar-refractivity contribution in [2.24, 2.45) is 5.92 Å². The monoisotopic (exact) mass is 411 g/mol. The maximum atomic E-state index is 12.5. The lowest BCUT2D eigenvalue weighted by Crippen LogP contribution is -2.39. The number of hydrazine groups is 1. The first kappa shape index (κ1) is 18.8. The molecule has 1 atom stereocenters. The van der Waals surface area contributed by atoms with Crippen molar-refractivity contribution in [3.05, 3.63) is 59.1 Å². The largest absolute Gasteiger partial charge is 0.326 e. The SMILES string of the molecule is CN(NC(=O)c1cc(NC(=O)C2CC2(Cl)Cl)ccc1Cl)c1ccccc1. The molecule has 5 nitrogen and oxygen atoms in total. The number of benzene rings is 2. The second-order valence-corrected chi connectivity index (χ2v) is 7.99. The topological polar surface area (TPSA) is 61.4 Å². The van der Waals surface area contributed by atoms with E-state index in [2.05, 4.69) is 10.7 Å². The van der Waals surface area contributed by atoms with Crippen molar-refractivity contribution in [3.63, 3.8) is 0 Å². The second-order valence-electron chi connectivity index (χ2n) is 6.04. The molecule has 3 rings (SSSR count). The Morgan fingerprint density at radius 2 is 1.81 bits per heavy atom. The number of nitrogens with zero attached hydrogens (tertiary/aromatic N) is 1. The molecule has 1 aliphatic carbocycles. The zero-order valence-corrected chi connectivity index (χ0v) is 16.1. The smallest absolute Gasteiger partial charge is 0.271 e. The van der Waals surface area contributed by atoms with Gasteiger partial charge in [0.1, 0.15) is 4.33 Å². The van der Waals surface area contributed by atoms with Gasteiger partial charge in [-0.05, 0) is 36.8 Å². The predicted molar refractivity (Wildman–Crippen MR) is 105 cm³/mol. The average molecular weight is 413 g/mol. The third-order valence-corrected chi connectivity index (χ3v) is 5.20. The van der Waals surface area contributed by atoms with Gasteiger partial charge in [-0.2, -0.15) is 0 Å². The Balaban J connectivity index is 1.71. The molecule has 8 heteroatoms. The van der Waals surface area contributed by atoms with Gasteiger partial charge in [0.15, 0.2) is 0 Å². The summed E-state index contributed by atoms with van der Waals surface area (Å²) in [5.74, 6) is -1.14. The van der Waals surface area contributed by atoms with Gasteiger partial charge in [0.05, 0.1) is 22.2 Å². The first-order valence-electron chi connectivity index (χ1n) is 7.86. The highest BCUT2D eigenvalue weighted by Crippen LogP contribution is 2.53. The van der Waals surface area contributed by atoms with Crippen LogP contribution < -0.4 is 15.8 Å². The van der Waals surface area contributed by atoms with Crippen molar-refractivity contribution in [2.45, 2.75) is 10.8 Å². The third-order valence-electron chi connectivity index (χ3n) is 4.03. The van der Waals surface area contributed by atoms with E-state index in [0.717, 1.165) is 5.69 Å². The van der Waals surface area contributed by atoms with Gasteiger partial charge in [0.25, 0.3) is 5.91 Å². The number of carbonyl (C=O) groups is 2. The van der Waals surface area contributed by atoms with E-state index < -0.39 is 16.2 Å². The molecule has 1 saturated carbocycles. The number of rotatable bonds is 5. The van der Waals surface area contributed by atoms with E-state index in [1.165, 1.54) is 6.07 Å². The summed E-state index contributed by atoms with van der Waals surface area (Å²) in [6, 6.07) is 14.0. The molecule has 1 fully saturated rings. The van der Waals surface area contributed by atoms with Gasteiger partial charge in [0.2, 0.25) is 5.91 Å². The zero-order chi connectivity index (χ0) is 18.9. The molecule has 2 aromatic rings. The summed E-state index contributed by atoms with van der Waals surface area (Å²) < 4.78 is -1.00. The highest BCUT2D eigenvalue weighted by atomic mass is 35.5. The van der Waals surface area contributed by atoms with Crippen LogP contribution in [0.15, 0.2) is 48.5 Å². The first-order valence-corrected chi connectivity index (χ1v) is 8.99. The molecule has 2 N–H and O–H groups in total. The molecule has 0 aliphatic heterocycles. The van der Waals surface area contributed by atoms with Crippen LogP contribution in [0.5, 0.6) is 0 Å². The fourth-order valence-corrected chi connectivity index (χ4v) is 3.14. The Morgan fingerprint density at radius 3 is 2.42 bits per heavy atom. The number of amides is 2. The fraction of sp³-hybridized carbons (Fsp3) is 0.222. The standard InChI is InChI=1S/C18H16Cl3N3O2/c1-24(12-5-3-2-4-6-12)23-16(25)13-9-11(7-8-15(13)19)22-17(26)14-10-18(14,20)21/h2-9,14H,10H2,1H3,(H,22,26)(H,23,25). The van der Waals surface area contributed by atoms with Crippen LogP contribution in [-0.2, 0) is 4.79 Å². The summed E-state index contributed by atoms with van der Waals surface area (Å²) in [6.45, 7) is 0. The summed E-state index contributed by atoms with van der Waals surface area (Å²) in [5, 5.41) is 4.57. The minimum atomic E-state index is -1.00. The van der Waals surface area contributed by atoms with Crippen LogP contribution in [0.25, 0.3) is 0 Å². The summed E-state index contributed by atoms with van der Waals surface area (Å²) >= 11 is 18.0. The lowest BCUT2D eigenvalue weighted by Gasteiger charge is -2.20. The molecule has 0 spiro atoms. The number of anilines is 2. The van der Waals surface area contributed by atoms with E-state index in [1.807, 2.05) is 30.3 Å². The molecule has 1 unspecified atom stereocenters. The van der Waals surface area contributed by atoms with E-state index in [-0.39, 0.29) is 16.5 Å². The fourth-order valence-electron chi connectivity index (χ4n) is 2.43. The molecule has 136 valence electrons. The van der Waals surface area contributed by atoms with Gasteiger partial charge < -0.3 is 5.32 Å². The molecule has 0 aromatic heterocycles. The highest BCUT2D eigenvalue weighted by molar-refractivity contribution is 6.52. The Hall–Kier alpha value is -1.95. The van der Waals surface area contributed by atoms with Gasteiger partial charge in [-0.1, -0.05) is 29.8 Å². The molecule has 0 saturated heterocycles. The number of para-hydroxylation sites is 1. The molecule has 26 heavy (non-hydrogen) atoms. The Labute approximate surface area is 166 Å². The number of halogens is 3. The second kappa shape index (κ2) is 7.35. The first-order chi connectivity index (χ1) is 12.3. The van der Waals surface area contributed by atoms with Crippen LogP contribution in [0, 0.1) is 5.92 Å². The number of hydrogen-bond donors (Lipinski definition) is 2. The van der Waals surface area contributed by atoms with Crippen LogP contribution in [0.2, 0.25) is 5.02 Å². The summed E-state index contributed by atoms with van der Waals surface area (Å²) in [7, 11) is 1.72. The van der Waals surface area contributed by atoms with Gasteiger partial charge in [-0.15, -0.1) is 23.2 Å².